The van der Waals surface area contributed by atoms with E-state index in [4.69, 9.17) is 0 Å². The lowest BCUT2D eigenvalue weighted by molar-refractivity contribution is 0.0833. The molecule has 0 heterocycles. The molecule has 0 amide bonds. The second kappa shape index (κ2) is 6.41. The summed E-state index contributed by atoms with van der Waals surface area (Å²) in [6, 6.07) is 0. The summed E-state index contributed by atoms with van der Waals surface area (Å²) in [5.74, 6) is 0.679. The summed E-state index contributed by atoms with van der Waals surface area (Å²) in [6.07, 6.45) is 7.81. The number of hydrogen-bond acceptors (Lipinski definition) is 2. The van der Waals surface area contributed by atoms with Crippen LogP contribution in [0, 0.1) is 5.92 Å². The summed E-state index contributed by atoms with van der Waals surface area (Å²) in [5, 5.41) is 13.8. The van der Waals surface area contributed by atoms with Crippen LogP contribution in [0.2, 0.25) is 0 Å². The van der Waals surface area contributed by atoms with Gasteiger partial charge in [-0.05, 0) is 63.6 Å². The highest BCUT2D eigenvalue weighted by atomic mass is 16.3. The summed E-state index contributed by atoms with van der Waals surface area (Å²) >= 11 is 0. The standard InChI is InChI=1S/C14H27NO/c1-12(2)11-15-10-9-14(3,16)13-7-5-4-6-8-13/h7,12,15-16H,4-6,8-11H2,1-3H3. The van der Waals surface area contributed by atoms with E-state index >= 15 is 0 Å². The second-order valence-electron chi connectivity index (χ2n) is 5.60. The van der Waals surface area contributed by atoms with Crippen molar-refractivity contribution < 1.29 is 5.11 Å². The van der Waals surface area contributed by atoms with Gasteiger partial charge in [0.25, 0.3) is 0 Å². The van der Waals surface area contributed by atoms with E-state index in [2.05, 4.69) is 25.2 Å². The van der Waals surface area contributed by atoms with Crippen molar-refractivity contribution in [3.63, 3.8) is 0 Å². The molecule has 1 unspecified atom stereocenters. The van der Waals surface area contributed by atoms with Crippen LogP contribution in [0.15, 0.2) is 11.6 Å². The molecule has 0 radical (unpaired) electrons. The Labute approximate surface area is 100 Å². The van der Waals surface area contributed by atoms with Gasteiger partial charge >= 0.3 is 0 Å². The molecule has 0 bridgehead atoms. The van der Waals surface area contributed by atoms with Crippen LogP contribution in [-0.4, -0.2) is 23.8 Å². The molecular weight excluding hydrogens is 198 g/mol. The molecule has 0 spiro atoms. The van der Waals surface area contributed by atoms with E-state index in [0.717, 1.165) is 32.4 Å². The maximum absolute atomic E-state index is 10.4. The van der Waals surface area contributed by atoms with Crippen LogP contribution in [0.1, 0.15) is 52.9 Å². The molecular formula is C14H27NO. The quantitative estimate of drug-likeness (QED) is 0.538. The zero-order valence-corrected chi connectivity index (χ0v) is 11.1. The predicted octanol–water partition coefficient (Wildman–Crippen LogP) is 2.87. The van der Waals surface area contributed by atoms with Gasteiger partial charge < -0.3 is 10.4 Å². The van der Waals surface area contributed by atoms with Crippen LogP contribution in [0.3, 0.4) is 0 Å². The lowest BCUT2D eigenvalue weighted by atomic mass is 9.85. The van der Waals surface area contributed by atoms with Crippen LogP contribution in [-0.2, 0) is 0 Å². The highest BCUT2D eigenvalue weighted by Gasteiger charge is 2.25. The molecule has 0 aromatic heterocycles. The molecule has 1 aliphatic rings. The molecule has 2 nitrogen and oxygen atoms in total. The van der Waals surface area contributed by atoms with Gasteiger partial charge in [-0.1, -0.05) is 19.9 Å². The van der Waals surface area contributed by atoms with Crippen LogP contribution in [0.4, 0.5) is 0 Å². The Bertz CT molecular complexity index is 231. The Hall–Kier alpha value is -0.340. The van der Waals surface area contributed by atoms with Crippen LogP contribution in [0.25, 0.3) is 0 Å². The van der Waals surface area contributed by atoms with Crippen molar-refractivity contribution in [2.24, 2.45) is 5.92 Å². The van der Waals surface area contributed by atoms with Crippen LogP contribution >= 0.6 is 0 Å². The normalized spacial score (nSPS) is 20.7. The third kappa shape index (κ3) is 4.67. The molecule has 1 aliphatic carbocycles. The molecule has 2 heteroatoms. The van der Waals surface area contributed by atoms with Crippen molar-refractivity contribution in [1.29, 1.82) is 0 Å². The van der Waals surface area contributed by atoms with Gasteiger partial charge in [0.05, 0.1) is 5.60 Å². The molecule has 2 N–H and O–H groups in total. The van der Waals surface area contributed by atoms with E-state index in [1.54, 1.807) is 0 Å². The van der Waals surface area contributed by atoms with Crippen molar-refractivity contribution >= 4 is 0 Å². The summed E-state index contributed by atoms with van der Waals surface area (Å²) in [4.78, 5) is 0. The zero-order chi connectivity index (χ0) is 12.0. The van der Waals surface area contributed by atoms with Gasteiger partial charge in [0, 0.05) is 0 Å². The Morgan fingerprint density at radius 2 is 2.19 bits per heavy atom. The molecule has 0 aliphatic heterocycles. The second-order valence-corrected chi connectivity index (χ2v) is 5.60. The Kier molecular flexibility index (Phi) is 5.50. The first kappa shape index (κ1) is 13.7. The fourth-order valence-electron chi connectivity index (χ4n) is 2.21. The molecule has 0 aromatic carbocycles. The van der Waals surface area contributed by atoms with Crippen molar-refractivity contribution in [2.75, 3.05) is 13.1 Å². The monoisotopic (exact) mass is 225 g/mol. The first-order valence-electron chi connectivity index (χ1n) is 6.65. The molecule has 0 aromatic rings. The number of rotatable bonds is 6. The molecule has 0 fully saturated rings. The van der Waals surface area contributed by atoms with Crippen molar-refractivity contribution in [2.45, 2.75) is 58.5 Å². The lowest BCUT2D eigenvalue weighted by Gasteiger charge is -2.29. The summed E-state index contributed by atoms with van der Waals surface area (Å²) in [6.45, 7) is 8.31. The third-order valence-corrected chi connectivity index (χ3v) is 3.32. The van der Waals surface area contributed by atoms with E-state index in [9.17, 15) is 5.11 Å². The summed E-state index contributed by atoms with van der Waals surface area (Å²) < 4.78 is 0. The van der Waals surface area contributed by atoms with Gasteiger partial charge in [0.2, 0.25) is 0 Å². The van der Waals surface area contributed by atoms with E-state index in [0.29, 0.717) is 5.92 Å². The topological polar surface area (TPSA) is 32.3 Å². The summed E-state index contributed by atoms with van der Waals surface area (Å²) in [7, 11) is 0. The molecule has 1 rings (SSSR count). The predicted molar refractivity (Wildman–Crippen MR) is 69.5 cm³/mol. The minimum atomic E-state index is -0.593. The zero-order valence-electron chi connectivity index (χ0n) is 11.1. The first-order valence-corrected chi connectivity index (χ1v) is 6.65. The maximum atomic E-state index is 10.4. The fourth-order valence-corrected chi connectivity index (χ4v) is 2.21. The van der Waals surface area contributed by atoms with E-state index < -0.39 is 5.60 Å². The average Bonchev–Trinajstić information content (AvgIpc) is 2.26. The van der Waals surface area contributed by atoms with Gasteiger partial charge in [0.15, 0.2) is 0 Å². The number of aliphatic hydroxyl groups is 1. The Morgan fingerprint density at radius 1 is 1.44 bits per heavy atom. The smallest absolute Gasteiger partial charge is 0.0840 e. The SMILES string of the molecule is CC(C)CNCCC(C)(O)C1=CCCCC1. The van der Waals surface area contributed by atoms with Gasteiger partial charge in [-0.15, -0.1) is 0 Å². The highest BCUT2D eigenvalue weighted by Crippen LogP contribution is 2.29. The molecule has 94 valence electrons. The minimum Gasteiger partial charge on any atom is -0.386 e. The molecule has 1 atom stereocenters. The molecule has 0 saturated carbocycles. The fraction of sp³-hybridized carbons (Fsp3) is 0.857. The third-order valence-electron chi connectivity index (χ3n) is 3.32. The van der Waals surface area contributed by atoms with E-state index in [1.165, 1.54) is 18.4 Å². The Morgan fingerprint density at radius 3 is 2.75 bits per heavy atom. The Balaban J connectivity index is 2.30. The molecule has 16 heavy (non-hydrogen) atoms. The number of allylic oxidation sites excluding steroid dienone is 1. The maximum Gasteiger partial charge on any atom is 0.0840 e. The average molecular weight is 225 g/mol. The van der Waals surface area contributed by atoms with E-state index in [-0.39, 0.29) is 0 Å². The van der Waals surface area contributed by atoms with Gasteiger partial charge in [-0.25, -0.2) is 0 Å². The van der Waals surface area contributed by atoms with Gasteiger partial charge in [-0.3, -0.25) is 0 Å². The minimum absolute atomic E-state index is 0.593. The number of nitrogens with one attached hydrogen (secondary N) is 1. The molecule has 0 saturated heterocycles. The van der Waals surface area contributed by atoms with Crippen LogP contribution in [0.5, 0.6) is 0 Å². The van der Waals surface area contributed by atoms with Crippen LogP contribution < -0.4 is 5.32 Å². The largest absolute Gasteiger partial charge is 0.386 e. The summed E-state index contributed by atoms with van der Waals surface area (Å²) in [5.41, 5.74) is 0.662. The van der Waals surface area contributed by atoms with E-state index in [1.807, 2.05) is 6.92 Å². The van der Waals surface area contributed by atoms with Crippen molar-refractivity contribution in [3.05, 3.63) is 11.6 Å². The van der Waals surface area contributed by atoms with Gasteiger partial charge in [0.1, 0.15) is 0 Å². The lowest BCUT2D eigenvalue weighted by Crippen LogP contribution is -2.33. The van der Waals surface area contributed by atoms with Crippen molar-refractivity contribution in [1.82, 2.24) is 5.32 Å². The number of hydrogen-bond donors (Lipinski definition) is 2. The van der Waals surface area contributed by atoms with Crippen molar-refractivity contribution in [3.8, 4) is 0 Å². The highest BCUT2D eigenvalue weighted by molar-refractivity contribution is 5.17. The van der Waals surface area contributed by atoms with Gasteiger partial charge in [-0.2, -0.15) is 0 Å². The first-order chi connectivity index (χ1) is 7.52.